The van der Waals surface area contributed by atoms with Gasteiger partial charge in [0, 0.05) is 29.0 Å². The van der Waals surface area contributed by atoms with Crippen LogP contribution in [-0.2, 0) is 0 Å². The molecule has 0 aliphatic rings. The largest absolute Gasteiger partial charge is 0.294 e. The van der Waals surface area contributed by atoms with E-state index in [1.807, 2.05) is 89.2 Å². The van der Waals surface area contributed by atoms with Crippen molar-refractivity contribution in [3.63, 3.8) is 0 Å². The highest BCUT2D eigenvalue weighted by atomic mass is 16.1. The van der Waals surface area contributed by atoms with Gasteiger partial charge in [0.1, 0.15) is 5.69 Å². The van der Waals surface area contributed by atoms with Crippen LogP contribution in [0.15, 0.2) is 72.9 Å². The number of ketones is 2. The topological polar surface area (TPSA) is 47.0 Å². The van der Waals surface area contributed by atoms with Crippen molar-refractivity contribution in [1.29, 1.82) is 0 Å². The molecule has 1 heterocycles. The van der Waals surface area contributed by atoms with Crippen LogP contribution in [0.1, 0.15) is 54.1 Å². The minimum Gasteiger partial charge on any atom is -0.294 e. The SMILES string of the molecule is CC(C)C(=O)c1nccc2ccccc12.Cc1cc2ccccc2cc1C(=O)C(C)C. The van der Waals surface area contributed by atoms with Crippen LogP contribution in [0.3, 0.4) is 0 Å². The maximum Gasteiger partial charge on any atom is 0.184 e. The van der Waals surface area contributed by atoms with Crippen molar-refractivity contribution in [3.05, 3.63) is 89.7 Å². The summed E-state index contributed by atoms with van der Waals surface area (Å²) in [4.78, 5) is 28.1. The van der Waals surface area contributed by atoms with E-state index in [4.69, 9.17) is 0 Å². The molecule has 0 amide bonds. The molecule has 31 heavy (non-hydrogen) atoms. The van der Waals surface area contributed by atoms with Gasteiger partial charge in [0.05, 0.1) is 0 Å². The van der Waals surface area contributed by atoms with Gasteiger partial charge in [-0.15, -0.1) is 0 Å². The normalized spacial score (nSPS) is 10.9. The first-order valence-corrected chi connectivity index (χ1v) is 10.7. The van der Waals surface area contributed by atoms with Crippen molar-refractivity contribution in [2.45, 2.75) is 34.6 Å². The molecule has 0 spiro atoms. The molecule has 3 aromatic carbocycles. The number of pyridine rings is 1. The van der Waals surface area contributed by atoms with Crippen LogP contribution in [0, 0.1) is 18.8 Å². The standard InChI is InChI=1S/C15H16O.C13H13NO/c1-10(2)15(16)14-9-13-7-5-4-6-12(13)8-11(14)3;1-9(2)13(15)12-11-6-4-3-5-10(11)7-8-14-12/h4-10H,1-3H3;3-9H,1-2H3. The van der Waals surface area contributed by atoms with Crippen LogP contribution in [0.5, 0.6) is 0 Å². The summed E-state index contributed by atoms with van der Waals surface area (Å²) in [7, 11) is 0. The quantitative estimate of drug-likeness (QED) is 0.338. The van der Waals surface area contributed by atoms with Gasteiger partial charge in [-0.1, -0.05) is 82.3 Å². The van der Waals surface area contributed by atoms with Crippen molar-refractivity contribution >= 4 is 33.1 Å². The second-order valence-electron chi connectivity index (χ2n) is 8.43. The number of hydrogen-bond donors (Lipinski definition) is 0. The van der Waals surface area contributed by atoms with Gasteiger partial charge in [-0.25, -0.2) is 0 Å². The summed E-state index contributed by atoms with van der Waals surface area (Å²) in [6, 6.07) is 22.0. The summed E-state index contributed by atoms with van der Waals surface area (Å²) in [6.07, 6.45) is 1.69. The van der Waals surface area contributed by atoms with Crippen molar-refractivity contribution in [2.24, 2.45) is 11.8 Å². The Morgan fingerprint density at radius 2 is 1.26 bits per heavy atom. The molecule has 0 fully saturated rings. The predicted octanol–water partition coefficient (Wildman–Crippen LogP) is 7.06. The first-order valence-electron chi connectivity index (χ1n) is 10.7. The lowest BCUT2D eigenvalue weighted by Gasteiger charge is -2.09. The van der Waals surface area contributed by atoms with Crippen LogP contribution in [0.2, 0.25) is 0 Å². The second kappa shape index (κ2) is 9.65. The zero-order valence-electron chi connectivity index (χ0n) is 18.8. The first kappa shape index (κ1) is 22.4. The van der Waals surface area contributed by atoms with Crippen LogP contribution in [0.25, 0.3) is 21.5 Å². The average molecular weight is 412 g/mol. The zero-order chi connectivity index (χ0) is 22.5. The van der Waals surface area contributed by atoms with Gasteiger partial charge in [0.2, 0.25) is 0 Å². The number of Topliss-reactive ketones (excluding diaryl/α,β-unsaturated/α-hetero) is 2. The van der Waals surface area contributed by atoms with E-state index in [2.05, 4.69) is 17.1 Å². The van der Waals surface area contributed by atoms with E-state index in [0.717, 1.165) is 27.3 Å². The molecule has 0 aliphatic heterocycles. The van der Waals surface area contributed by atoms with Gasteiger partial charge in [-0.2, -0.15) is 0 Å². The minimum absolute atomic E-state index is 0.0108. The fourth-order valence-electron chi connectivity index (χ4n) is 3.52. The summed E-state index contributed by atoms with van der Waals surface area (Å²) < 4.78 is 0. The van der Waals surface area contributed by atoms with Gasteiger partial charge in [0.15, 0.2) is 11.6 Å². The molecule has 0 bridgehead atoms. The van der Waals surface area contributed by atoms with E-state index >= 15 is 0 Å². The van der Waals surface area contributed by atoms with Crippen LogP contribution in [0.4, 0.5) is 0 Å². The second-order valence-corrected chi connectivity index (χ2v) is 8.43. The molecule has 1 aromatic heterocycles. The van der Waals surface area contributed by atoms with Crippen molar-refractivity contribution in [2.75, 3.05) is 0 Å². The third kappa shape index (κ3) is 5.05. The lowest BCUT2D eigenvalue weighted by Crippen LogP contribution is -2.09. The molecule has 0 saturated carbocycles. The number of rotatable bonds is 4. The summed E-state index contributed by atoms with van der Waals surface area (Å²) in [5, 5.41) is 4.34. The average Bonchev–Trinajstić information content (AvgIpc) is 2.77. The Morgan fingerprint density at radius 1 is 0.710 bits per heavy atom. The van der Waals surface area contributed by atoms with E-state index in [-0.39, 0.29) is 23.4 Å². The lowest BCUT2D eigenvalue weighted by atomic mass is 9.94. The van der Waals surface area contributed by atoms with Crippen LogP contribution < -0.4 is 0 Å². The van der Waals surface area contributed by atoms with Crippen molar-refractivity contribution in [3.8, 4) is 0 Å². The molecular formula is C28H29NO2. The highest BCUT2D eigenvalue weighted by Gasteiger charge is 2.15. The van der Waals surface area contributed by atoms with E-state index in [1.165, 1.54) is 5.39 Å². The molecule has 3 nitrogen and oxygen atoms in total. The molecule has 0 N–H and O–H groups in total. The number of aryl methyl sites for hydroxylation is 1. The molecule has 0 saturated heterocycles. The summed E-state index contributed by atoms with van der Waals surface area (Å²) in [5.74, 6) is 0.373. The van der Waals surface area contributed by atoms with Gasteiger partial charge >= 0.3 is 0 Å². The summed E-state index contributed by atoms with van der Waals surface area (Å²) in [6.45, 7) is 9.67. The van der Waals surface area contributed by atoms with E-state index in [0.29, 0.717) is 5.69 Å². The third-order valence-electron chi connectivity index (χ3n) is 5.31. The van der Waals surface area contributed by atoms with Crippen molar-refractivity contribution in [1.82, 2.24) is 4.98 Å². The Kier molecular flexibility index (Phi) is 6.96. The Bertz CT molecular complexity index is 1230. The molecule has 0 aliphatic carbocycles. The Morgan fingerprint density at radius 3 is 1.87 bits per heavy atom. The molecule has 0 radical (unpaired) electrons. The number of fused-ring (bicyclic) bond motifs is 2. The molecule has 158 valence electrons. The Hall–Kier alpha value is -3.33. The zero-order valence-corrected chi connectivity index (χ0v) is 18.8. The predicted molar refractivity (Wildman–Crippen MR) is 129 cm³/mol. The summed E-state index contributed by atoms with van der Waals surface area (Å²) >= 11 is 0. The Labute approximate surface area is 184 Å². The molecule has 4 rings (SSSR count). The first-order chi connectivity index (χ1) is 14.8. The molecule has 4 aromatic rings. The number of carbonyl (C=O) groups excluding carboxylic acids is 2. The molecule has 3 heteroatoms. The van der Waals surface area contributed by atoms with Gasteiger partial charge in [0.25, 0.3) is 0 Å². The monoisotopic (exact) mass is 411 g/mol. The van der Waals surface area contributed by atoms with Gasteiger partial charge < -0.3 is 0 Å². The van der Waals surface area contributed by atoms with E-state index < -0.39 is 0 Å². The molecular weight excluding hydrogens is 382 g/mol. The fraction of sp³-hybridized carbons (Fsp3) is 0.250. The number of benzene rings is 3. The van der Waals surface area contributed by atoms with Crippen LogP contribution >= 0.6 is 0 Å². The van der Waals surface area contributed by atoms with Gasteiger partial charge in [-0.05, 0) is 40.8 Å². The maximum atomic E-state index is 12.0. The maximum absolute atomic E-state index is 12.0. The number of aromatic nitrogens is 1. The smallest absolute Gasteiger partial charge is 0.184 e. The summed E-state index contributed by atoms with van der Waals surface area (Å²) in [5.41, 5.74) is 2.51. The highest BCUT2D eigenvalue weighted by Crippen LogP contribution is 2.22. The molecule has 0 atom stereocenters. The number of nitrogens with zero attached hydrogens (tertiary/aromatic N) is 1. The highest BCUT2D eigenvalue weighted by molar-refractivity contribution is 6.07. The fourth-order valence-corrected chi connectivity index (χ4v) is 3.52. The molecule has 0 unspecified atom stereocenters. The van der Waals surface area contributed by atoms with Gasteiger partial charge in [-0.3, -0.25) is 14.6 Å². The number of hydrogen-bond acceptors (Lipinski definition) is 3. The Balaban J connectivity index is 0.000000176. The number of carbonyl (C=O) groups is 2. The van der Waals surface area contributed by atoms with E-state index in [9.17, 15) is 9.59 Å². The third-order valence-corrected chi connectivity index (χ3v) is 5.31. The van der Waals surface area contributed by atoms with E-state index in [1.54, 1.807) is 6.20 Å². The van der Waals surface area contributed by atoms with Crippen molar-refractivity contribution < 1.29 is 9.59 Å². The minimum atomic E-state index is -0.0108. The van der Waals surface area contributed by atoms with Crippen LogP contribution in [-0.4, -0.2) is 16.6 Å². The lowest BCUT2D eigenvalue weighted by molar-refractivity contribution is 0.0930.